The summed E-state index contributed by atoms with van der Waals surface area (Å²) >= 11 is 0. The molecule has 1 aromatic heterocycles. The zero-order valence-electron chi connectivity index (χ0n) is 11.2. The van der Waals surface area contributed by atoms with Crippen LogP contribution in [-0.2, 0) is 0 Å². The van der Waals surface area contributed by atoms with E-state index >= 15 is 0 Å². The van der Waals surface area contributed by atoms with Crippen LogP contribution in [0.15, 0.2) is 52.9 Å². The van der Waals surface area contributed by atoms with Crippen molar-refractivity contribution in [2.24, 2.45) is 0 Å². The van der Waals surface area contributed by atoms with E-state index < -0.39 is 0 Å². The van der Waals surface area contributed by atoms with Gasteiger partial charge in [-0.25, -0.2) is 0 Å². The Morgan fingerprint density at radius 1 is 1.10 bits per heavy atom. The van der Waals surface area contributed by atoms with Gasteiger partial charge in [-0.3, -0.25) is 0 Å². The molecule has 4 rings (SSSR count). The quantitative estimate of drug-likeness (QED) is 0.713. The highest BCUT2D eigenvalue weighted by Crippen LogP contribution is 2.37. The van der Waals surface area contributed by atoms with Crippen LogP contribution in [-0.4, -0.2) is 6.54 Å². The molecule has 0 saturated heterocycles. The third-order valence-electron chi connectivity index (χ3n) is 3.71. The van der Waals surface area contributed by atoms with Gasteiger partial charge in [-0.2, -0.15) is 0 Å². The first-order valence-corrected chi connectivity index (χ1v) is 6.80. The number of para-hydroxylation sites is 2. The van der Waals surface area contributed by atoms with Crippen molar-refractivity contribution in [3.63, 3.8) is 0 Å². The van der Waals surface area contributed by atoms with Crippen molar-refractivity contribution in [2.45, 2.75) is 13.0 Å². The molecule has 2 aromatic carbocycles. The Kier molecular flexibility index (Phi) is 2.46. The normalized spacial score (nSPS) is 17.4. The fourth-order valence-corrected chi connectivity index (χ4v) is 2.65. The van der Waals surface area contributed by atoms with E-state index in [1.807, 2.05) is 30.3 Å². The summed E-state index contributed by atoms with van der Waals surface area (Å²) < 4.78 is 12.0. The van der Waals surface area contributed by atoms with E-state index in [-0.39, 0.29) is 6.10 Å². The molecule has 100 valence electrons. The molecule has 3 aromatic rings. The molecule has 0 bridgehead atoms. The number of hydrogen-bond donors (Lipinski definition) is 1. The third kappa shape index (κ3) is 1.74. The van der Waals surface area contributed by atoms with Gasteiger partial charge in [0.1, 0.15) is 17.1 Å². The van der Waals surface area contributed by atoms with Crippen LogP contribution in [0.1, 0.15) is 17.4 Å². The zero-order chi connectivity index (χ0) is 13.5. The SMILES string of the molecule is Cc1cccc2c1OC(c1cc3ccccc3o1)CN2. The van der Waals surface area contributed by atoms with E-state index in [2.05, 4.69) is 30.4 Å². The predicted octanol–water partition coefficient (Wildman–Crippen LogP) is 4.29. The van der Waals surface area contributed by atoms with Gasteiger partial charge in [0, 0.05) is 5.39 Å². The molecule has 0 spiro atoms. The highest BCUT2D eigenvalue weighted by atomic mass is 16.5. The van der Waals surface area contributed by atoms with Gasteiger partial charge < -0.3 is 14.5 Å². The second-order valence-electron chi connectivity index (χ2n) is 5.13. The second-order valence-corrected chi connectivity index (χ2v) is 5.13. The number of rotatable bonds is 1. The average Bonchev–Trinajstić information content (AvgIpc) is 2.91. The van der Waals surface area contributed by atoms with Gasteiger partial charge in [-0.15, -0.1) is 0 Å². The first kappa shape index (κ1) is 11.4. The monoisotopic (exact) mass is 265 g/mol. The van der Waals surface area contributed by atoms with Gasteiger partial charge in [-0.05, 0) is 30.7 Å². The van der Waals surface area contributed by atoms with E-state index in [4.69, 9.17) is 9.15 Å². The predicted molar refractivity (Wildman–Crippen MR) is 79.3 cm³/mol. The van der Waals surface area contributed by atoms with Crippen LogP contribution >= 0.6 is 0 Å². The molecule has 1 unspecified atom stereocenters. The summed E-state index contributed by atoms with van der Waals surface area (Å²) in [6.07, 6.45) is -0.0870. The van der Waals surface area contributed by atoms with Crippen LogP contribution in [0.3, 0.4) is 0 Å². The van der Waals surface area contributed by atoms with Crippen molar-refractivity contribution >= 4 is 16.7 Å². The second kappa shape index (κ2) is 4.30. The Morgan fingerprint density at radius 3 is 2.90 bits per heavy atom. The minimum atomic E-state index is -0.0870. The smallest absolute Gasteiger partial charge is 0.173 e. The standard InChI is InChI=1S/C17H15NO2/c1-11-5-4-7-13-17(11)20-16(10-18-13)15-9-12-6-2-3-8-14(12)19-15/h2-9,16,18H,10H2,1H3. The minimum Gasteiger partial charge on any atom is -0.478 e. The van der Waals surface area contributed by atoms with E-state index in [0.29, 0.717) is 0 Å². The number of hydrogen-bond acceptors (Lipinski definition) is 3. The van der Waals surface area contributed by atoms with E-state index in [0.717, 1.165) is 40.3 Å². The molecule has 1 aliphatic rings. The zero-order valence-corrected chi connectivity index (χ0v) is 11.2. The van der Waals surface area contributed by atoms with Crippen molar-refractivity contribution in [3.05, 3.63) is 59.9 Å². The largest absolute Gasteiger partial charge is 0.478 e. The van der Waals surface area contributed by atoms with Crippen LogP contribution in [0.25, 0.3) is 11.0 Å². The lowest BCUT2D eigenvalue weighted by atomic mass is 10.1. The van der Waals surface area contributed by atoms with Crippen LogP contribution < -0.4 is 10.1 Å². The molecular weight excluding hydrogens is 250 g/mol. The van der Waals surface area contributed by atoms with E-state index in [1.54, 1.807) is 0 Å². The number of furan rings is 1. The molecule has 3 nitrogen and oxygen atoms in total. The van der Waals surface area contributed by atoms with Crippen molar-refractivity contribution < 1.29 is 9.15 Å². The number of nitrogens with one attached hydrogen (secondary N) is 1. The summed E-state index contributed by atoms with van der Waals surface area (Å²) in [6.45, 7) is 2.78. The number of anilines is 1. The summed E-state index contributed by atoms with van der Waals surface area (Å²) in [7, 11) is 0. The lowest BCUT2D eigenvalue weighted by Gasteiger charge is -2.27. The summed E-state index contributed by atoms with van der Waals surface area (Å²) in [6, 6.07) is 16.2. The maximum Gasteiger partial charge on any atom is 0.173 e. The molecule has 1 atom stereocenters. The summed E-state index contributed by atoms with van der Waals surface area (Å²) in [5.41, 5.74) is 3.09. The van der Waals surface area contributed by atoms with Crippen molar-refractivity contribution in [1.82, 2.24) is 0 Å². The van der Waals surface area contributed by atoms with Crippen molar-refractivity contribution in [2.75, 3.05) is 11.9 Å². The highest BCUT2D eigenvalue weighted by Gasteiger charge is 2.24. The van der Waals surface area contributed by atoms with E-state index in [9.17, 15) is 0 Å². The van der Waals surface area contributed by atoms with Gasteiger partial charge in [0.15, 0.2) is 6.10 Å². The molecule has 1 N–H and O–H groups in total. The van der Waals surface area contributed by atoms with Gasteiger partial charge >= 0.3 is 0 Å². The Labute approximate surface area is 117 Å². The van der Waals surface area contributed by atoms with Crippen molar-refractivity contribution in [3.8, 4) is 5.75 Å². The summed E-state index contributed by atoms with van der Waals surface area (Å²) in [5, 5.41) is 4.52. The van der Waals surface area contributed by atoms with Crippen LogP contribution in [0, 0.1) is 6.92 Å². The summed E-state index contributed by atoms with van der Waals surface area (Å²) in [4.78, 5) is 0. The van der Waals surface area contributed by atoms with Crippen molar-refractivity contribution in [1.29, 1.82) is 0 Å². The first-order chi connectivity index (χ1) is 9.81. The Morgan fingerprint density at radius 2 is 2.00 bits per heavy atom. The molecule has 2 heterocycles. The topological polar surface area (TPSA) is 34.4 Å². The molecule has 1 aliphatic heterocycles. The van der Waals surface area contributed by atoms with Gasteiger partial charge in [0.25, 0.3) is 0 Å². The lowest BCUT2D eigenvalue weighted by molar-refractivity contribution is 0.182. The molecule has 0 amide bonds. The van der Waals surface area contributed by atoms with Gasteiger partial charge in [0.05, 0.1) is 12.2 Å². The Hall–Kier alpha value is -2.42. The first-order valence-electron chi connectivity index (χ1n) is 6.80. The number of benzene rings is 2. The number of fused-ring (bicyclic) bond motifs is 2. The molecule has 0 radical (unpaired) electrons. The molecular formula is C17H15NO2. The molecule has 0 saturated carbocycles. The molecule has 0 fully saturated rings. The average molecular weight is 265 g/mol. The minimum absolute atomic E-state index is 0.0870. The van der Waals surface area contributed by atoms with Crippen LogP contribution in [0.4, 0.5) is 5.69 Å². The van der Waals surface area contributed by atoms with E-state index in [1.165, 1.54) is 0 Å². The van der Waals surface area contributed by atoms with Gasteiger partial charge in [0.2, 0.25) is 0 Å². The van der Waals surface area contributed by atoms with Gasteiger partial charge in [-0.1, -0.05) is 30.3 Å². The maximum absolute atomic E-state index is 6.12. The Bertz CT molecular complexity index is 743. The molecule has 0 aliphatic carbocycles. The number of ether oxygens (including phenoxy) is 1. The number of aryl methyl sites for hydroxylation is 1. The van der Waals surface area contributed by atoms with Crippen LogP contribution in [0.2, 0.25) is 0 Å². The molecule has 20 heavy (non-hydrogen) atoms. The fraction of sp³-hybridized carbons (Fsp3) is 0.176. The third-order valence-corrected chi connectivity index (χ3v) is 3.71. The lowest BCUT2D eigenvalue weighted by Crippen LogP contribution is -2.23. The summed E-state index contributed by atoms with van der Waals surface area (Å²) in [5.74, 6) is 1.79. The highest BCUT2D eigenvalue weighted by molar-refractivity contribution is 5.77. The Balaban J connectivity index is 1.72. The van der Waals surface area contributed by atoms with Crippen LogP contribution in [0.5, 0.6) is 5.75 Å². The maximum atomic E-state index is 6.12. The fourth-order valence-electron chi connectivity index (χ4n) is 2.65. The molecule has 3 heteroatoms.